The van der Waals surface area contributed by atoms with Gasteiger partial charge in [0.1, 0.15) is 5.76 Å². The Balaban J connectivity index is 1.82. The lowest BCUT2D eigenvalue weighted by Gasteiger charge is -2.24. The molecule has 30 heavy (non-hydrogen) atoms. The molecule has 1 aromatic heterocycles. The first-order valence-corrected chi connectivity index (χ1v) is 11.6. The molecule has 0 aliphatic heterocycles. The number of rotatable bonds is 8. The lowest BCUT2D eigenvalue weighted by atomic mass is 10.2. The van der Waals surface area contributed by atoms with Crippen LogP contribution in [0, 0.1) is 6.92 Å². The highest BCUT2D eigenvalue weighted by atomic mass is 79.9. The number of hydrogen-bond donors (Lipinski definition) is 0. The molecule has 8 heteroatoms. The summed E-state index contributed by atoms with van der Waals surface area (Å²) in [6.07, 6.45) is 1.48. The van der Waals surface area contributed by atoms with E-state index in [1.165, 1.54) is 11.2 Å². The summed E-state index contributed by atoms with van der Waals surface area (Å²) >= 11 is 3.48. The number of halogens is 1. The third kappa shape index (κ3) is 5.38. The van der Waals surface area contributed by atoms with Crippen LogP contribution in [0.2, 0.25) is 0 Å². The Morgan fingerprint density at radius 1 is 1.00 bits per heavy atom. The molecule has 3 rings (SSSR count). The molecular weight excluding hydrogens is 468 g/mol. The molecule has 0 bridgehead atoms. The van der Waals surface area contributed by atoms with Crippen molar-refractivity contribution >= 4 is 31.9 Å². The van der Waals surface area contributed by atoms with Crippen LogP contribution in [0.15, 0.2) is 80.7 Å². The van der Waals surface area contributed by atoms with E-state index in [2.05, 4.69) is 15.9 Å². The lowest BCUT2D eigenvalue weighted by Crippen LogP contribution is -2.40. The fraction of sp³-hybridized carbons (Fsp3) is 0.227. The van der Waals surface area contributed by atoms with E-state index in [0.717, 1.165) is 19.9 Å². The van der Waals surface area contributed by atoms with Gasteiger partial charge >= 0.3 is 0 Å². The Bertz CT molecular complexity index is 1100. The number of nitrogens with zero attached hydrogens (tertiary/aromatic N) is 2. The van der Waals surface area contributed by atoms with Crippen LogP contribution in [0.1, 0.15) is 16.9 Å². The van der Waals surface area contributed by atoms with Crippen LogP contribution in [0.4, 0.5) is 0 Å². The van der Waals surface area contributed by atoms with Crippen LogP contribution in [0.5, 0.6) is 0 Å². The maximum atomic E-state index is 13.2. The summed E-state index contributed by atoms with van der Waals surface area (Å²) in [5, 5.41) is 0. The van der Waals surface area contributed by atoms with Gasteiger partial charge in [-0.05, 0) is 42.8 Å². The normalized spacial score (nSPS) is 11.6. The Morgan fingerprint density at radius 2 is 1.70 bits per heavy atom. The van der Waals surface area contributed by atoms with Crippen molar-refractivity contribution in [3.8, 4) is 0 Å². The molecule has 2 aromatic carbocycles. The van der Waals surface area contributed by atoms with E-state index in [0.29, 0.717) is 12.3 Å². The zero-order valence-electron chi connectivity index (χ0n) is 16.8. The van der Waals surface area contributed by atoms with E-state index in [1.807, 2.05) is 31.2 Å². The van der Waals surface area contributed by atoms with E-state index in [1.54, 1.807) is 43.4 Å². The molecule has 0 aliphatic carbocycles. The predicted molar refractivity (Wildman–Crippen MR) is 118 cm³/mol. The summed E-state index contributed by atoms with van der Waals surface area (Å²) in [4.78, 5) is 14.6. The number of sulfonamides is 1. The van der Waals surface area contributed by atoms with E-state index in [-0.39, 0.29) is 23.9 Å². The van der Waals surface area contributed by atoms with Crippen molar-refractivity contribution in [1.82, 2.24) is 9.21 Å². The number of benzene rings is 2. The van der Waals surface area contributed by atoms with Gasteiger partial charge in [0.2, 0.25) is 15.9 Å². The molecule has 1 amide bonds. The fourth-order valence-corrected chi connectivity index (χ4v) is 4.67. The molecule has 0 N–H and O–H groups in total. The molecule has 0 radical (unpaired) electrons. The van der Waals surface area contributed by atoms with Crippen molar-refractivity contribution < 1.29 is 17.6 Å². The van der Waals surface area contributed by atoms with Crippen LogP contribution in [-0.2, 0) is 27.9 Å². The van der Waals surface area contributed by atoms with Crippen molar-refractivity contribution in [2.45, 2.75) is 24.9 Å². The van der Waals surface area contributed by atoms with Gasteiger partial charge in [-0.1, -0.05) is 51.8 Å². The van der Waals surface area contributed by atoms with Gasteiger partial charge < -0.3 is 9.32 Å². The zero-order valence-corrected chi connectivity index (χ0v) is 19.2. The summed E-state index contributed by atoms with van der Waals surface area (Å²) in [6.45, 7) is 1.92. The van der Waals surface area contributed by atoms with Crippen molar-refractivity contribution in [3.63, 3.8) is 0 Å². The molecule has 1 heterocycles. The minimum atomic E-state index is -3.89. The molecular formula is C22H23BrN2O4S. The number of furan rings is 1. The molecule has 0 spiro atoms. The largest absolute Gasteiger partial charge is 0.468 e. The van der Waals surface area contributed by atoms with Crippen molar-refractivity contribution in [2.24, 2.45) is 0 Å². The third-order valence-electron chi connectivity index (χ3n) is 4.67. The SMILES string of the molecule is Cc1ccc(S(=O)(=O)N(CC(=O)N(C)Cc2ccccc2Br)Cc2ccco2)cc1. The second-order valence-corrected chi connectivity index (χ2v) is 9.80. The Morgan fingerprint density at radius 3 is 2.33 bits per heavy atom. The molecule has 3 aromatic rings. The summed E-state index contributed by atoms with van der Waals surface area (Å²) < 4.78 is 33.9. The monoisotopic (exact) mass is 490 g/mol. The first kappa shape index (κ1) is 22.3. The second-order valence-electron chi connectivity index (χ2n) is 7.01. The van der Waals surface area contributed by atoms with Crippen LogP contribution >= 0.6 is 15.9 Å². The molecule has 0 saturated heterocycles. The fourth-order valence-electron chi connectivity index (χ4n) is 2.90. The molecule has 6 nitrogen and oxygen atoms in total. The topological polar surface area (TPSA) is 70.8 Å². The van der Waals surface area contributed by atoms with Crippen molar-refractivity contribution in [3.05, 3.63) is 88.3 Å². The van der Waals surface area contributed by atoms with Gasteiger partial charge in [-0.2, -0.15) is 4.31 Å². The van der Waals surface area contributed by atoms with Gasteiger partial charge in [0, 0.05) is 18.1 Å². The first-order valence-electron chi connectivity index (χ1n) is 9.34. The van der Waals surface area contributed by atoms with Crippen LogP contribution < -0.4 is 0 Å². The van der Waals surface area contributed by atoms with E-state index in [4.69, 9.17) is 4.42 Å². The van der Waals surface area contributed by atoms with E-state index >= 15 is 0 Å². The van der Waals surface area contributed by atoms with Crippen molar-refractivity contribution in [1.29, 1.82) is 0 Å². The second kappa shape index (κ2) is 9.59. The molecule has 0 unspecified atom stereocenters. The van der Waals surface area contributed by atoms with Crippen LogP contribution in [0.3, 0.4) is 0 Å². The van der Waals surface area contributed by atoms with Gasteiger partial charge in [0.05, 0.1) is 24.2 Å². The molecule has 0 saturated carbocycles. The molecule has 0 aliphatic rings. The van der Waals surface area contributed by atoms with Crippen LogP contribution in [-0.4, -0.2) is 37.1 Å². The maximum Gasteiger partial charge on any atom is 0.243 e. The quantitative estimate of drug-likeness (QED) is 0.474. The minimum Gasteiger partial charge on any atom is -0.468 e. The highest BCUT2D eigenvalue weighted by molar-refractivity contribution is 9.10. The summed E-state index contributed by atoms with van der Waals surface area (Å²) in [5.74, 6) is 0.153. The average Bonchev–Trinajstić information content (AvgIpc) is 3.22. The Labute approximate surface area is 185 Å². The van der Waals surface area contributed by atoms with Gasteiger partial charge in [0.25, 0.3) is 0 Å². The van der Waals surface area contributed by atoms with E-state index < -0.39 is 10.0 Å². The number of carbonyl (C=O) groups excluding carboxylic acids is 1. The Hall–Kier alpha value is -2.42. The van der Waals surface area contributed by atoms with Gasteiger partial charge in [-0.3, -0.25) is 4.79 Å². The lowest BCUT2D eigenvalue weighted by molar-refractivity contribution is -0.130. The van der Waals surface area contributed by atoms with Crippen molar-refractivity contribution in [2.75, 3.05) is 13.6 Å². The van der Waals surface area contributed by atoms with Gasteiger partial charge in [-0.25, -0.2) is 8.42 Å². The summed E-state index contributed by atoms with van der Waals surface area (Å²) in [7, 11) is -2.23. The smallest absolute Gasteiger partial charge is 0.243 e. The number of carbonyl (C=O) groups is 1. The van der Waals surface area contributed by atoms with E-state index in [9.17, 15) is 13.2 Å². The highest BCUT2D eigenvalue weighted by Gasteiger charge is 2.29. The number of likely N-dealkylation sites (N-methyl/N-ethyl adjacent to an activating group) is 1. The van der Waals surface area contributed by atoms with Gasteiger partial charge in [0.15, 0.2) is 0 Å². The maximum absolute atomic E-state index is 13.2. The highest BCUT2D eigenvalue weighted by Crippen LogP contribution is 2.21. The minimum absolute atomic E-state index is 0.0299. The third-order valence-corrected chi connectivity index (χ3v) is 7.25. The summed E-state index contributed by atoms with van der Waals surface area (Å²) in [5.41, 5.74) is 1.89. The van der Waals surface area contributed by atoms with Crippen LogP contribution in [0.25, 0.3) is 0 Å². The predicted octanol–water partition coefficient (Wildman–Crippen LogP) is 4.20. The number of aryl methyl sites for hydroxylation is 1. The standard InChI is InChI=1S/C22H23BrN2O4S/c1-17-9-11-20(12-10-17)30(27,28)25(15-19-7-5-13-29-19)16-22(26)24(2)14-18-6-3-4-8-21(18)23/h3-13H,14-16H2,1-2H3. The Kier molecular flexibility index (Phi) is 7.12. The molecule has 0 fully saturated rings. The van der Waals surface area contributed by atoms with Gasteiger partial charge in [-0.15, -0.1) is 0 Å². The average molecular weight is 491 g/mol. The molecule has 158 valence electrons. The number of amides is 1. The molecule has 0 atom stereocenters. The zero-order chi connectivity index (χ0) is 21.7. The number of hydrogen-bond acceptors (Lipinski definition) is 4. The first-order chi connectivity index (χ1) is 14.3. The summed E-state index contributed by atoms with van der Waals surface area (Å²) in [6, 6.07) is 17.6.